The summed E-state index contributed by atoms with van der Waals surface area (Å²) in [4.78, 5) is 20.5. The average Bonchev–Trinajstić information content (AvgIpc) is 3.06. The van der Waals surface area contributed by atoms with E-state index >= 15 is 0 Å². The zero-order chi connectivity index (χ0) is 23.4. The van der Waals surface area contributed by atoms with Crippen molar-refractivity contribution >= 4 is 27.0 Å². The molecule has 0 aliphatic carbocycles. The minimum atomic E-state index is -3.80. The van der Waals surface area contributed by atoms with E-state index in [1.807, 2.05) is 38.1 Å². The van der Waals surface area contributed by atoms with Crippen LogP contribution < -0.4 is 19.5 Å². The van der Waals surface area contributed by atoms with Crippen molar-refractivity contribution < 1.29 is 22.7 Å². The first kappa shape index (κ1) is 23.1. The van der Waals surface area contributed by atoms with Crippen molar-refractivity contribution in [1.82, 2.24) is 20.0 Å². The van der Waals surface area contributed by atoms with E-state index in [1.165, 1.54) is 12.1 Å². The van der Waals surface area contributed by atoms with E-state index in [9.17, 15) is 13.2 Å². The molecule has 1 aliphatic rings. The van der Waals surface area contributed by atoms with Gasteiger partial charge in [-0.3, -0.25) is 4.79 Å². The highest BCUT2D eigenvalue weighted by Crippen LogP contribution is 2.31. The number of amides is 1. The fourth-order valence-corrected chi connectivity index (χ4v) is 4.66. The van der Waals surface area contributed by atoms with Gasteiger partial charge in [-0.25, -0.2) is 18.1 Å². The maximum atomic E-state index is 12.7. The molecule has 1 aliphatic heterocycles. The highest BCUT2D eigenvalue weighted by molar-refractivity contribution is 7.89. The first-order valence-electron chi connectivity index (χ1n) is 11.0. The molecule has 1 atom stereocenters. The van der Waals surface area contributed by atoms with Crippen molar-refractivity contribution in [3.05, 3.63) is 48.3 Å². The topological polar surface area (TPSA) is 122 Å². The molecule has 0 radical (unpaired) electrons. The van der Waals surface area contributed by atoms with Crippen LogP contribution in [0, 0.1) is 5.92 Å². The molecule has 1 aromatic heterocycles. The molecule has 4 rings (SSSR count). The second kappa shape index (κ2) is 9.80. The number of imidazole rings is 1. The number of nitrogens with zero attached hydrogens (tertiary/aromatic N) is 1. The molecule has 0 bridgehead atoms. The van der Waals surface area contributed by atoms with E-state index in [0.717, 1.165) is 17.5 Å². The molecule has 3 aromatic rings. The molecule has 3 N–H and O–H groups in total. The third-order valence-corrected chi connectivity index (χ3v) is 6.82. The number of nitrogens with one attached hydrogen (secondary N) is 3. The van der Waals surface area contributed by atoms with Gasteiger partial charge in [0.25, 0.3) is 0 Å². The van der Waals surface area contributed by atoms with Crippen molar-refractivity contribution in [1.29, 1.82) is 0 Å². The molecule has 1 unspecified atom stereocenters. The molecule has 0 saturated carbocycles. The lowest BCUT2D eigenvalue weighted by molar-refractivity contribution is -0.122. The molecule has 10 heteroatoms. The van der Waals surface area contributed by atoms with Crippen LogP contribution in [0.2, 0.25) is 0 Å². The van der Waals surface area contributed by atoms with E-state index in [2.05, 4.69) is 20.0 Å². The second-order valence-electron chi connectivity index (χ2n) is 8.24. The normalized spacial score (nSPS) is 14.8. The molecule has 33 heavy (non-hydrogen) atoms. The average molecular weight is 473 g/mol. The van der Waals surface area contributed by atoms with Crippen molar-refractivity contribution in [2.24, 2.45) is 5.92 Å². The number of benzene rings is 2. The van der Waals surface area contributed by atoms with Gasteiger partial charge in [-0.15, -0.1) is 0 Å². The van der Waals surface area contributed by atoms with Crippen LogP contribution in [-0.2, 0) is 14.8 Å². The molecule has 9 nitrogen and oxygen atoms in total. The van der Waals surface area contributed by atoms with Gasteiger partial charge in [0.15, 0.2) is 11.5 Å². The lowest BCUT2D eigenvalue weighted by Gasteiger charge is -2.20. The lowest BCUT2D eigenvalue weighted by Crippen LogP contribution is -2.35. The van der Waals surface area contributed by atoms with Gasteiger partial charge in [0.2, 0.25) is 15.9 Å². The van der Waals surface area contributed by atoms with Gasteiger partial charge >= 0.3 is 0 Å². The number of aromatic nitrogens is 2. The fraction of sp³-hybridized carbons (Fsp3) is 0.391. The summed E-state index contributed by atoms with van der Waals surface area (Å²) >= 11 is 0. The number of aromatic amines is 1. The monoisotopic (exact) mass is 472 g/mol. The molecular weight excluding hydrogens is 444 g/mol. The van der Waals surface area contributed by atoms with Gasteiger partial charge in [0.05, 0.1) is 35.2 Å². The van der Waals surface area contributed by atoms with Crippen molar-refractivity contribution in [3.8, 4) is 11.5 Å². The third-order valence-electron chi connectivity index (χ3n) is 5.36. The fourth-order valence-electron chi connectivity index (χ4n) is 3.61. The lowest BCUT2D eigenvalue weighted by atomic mass is 10.0. The quantitative estimate of drug-likeness (QED) is 0.463. The Hall–Kier alpha value is -3.11. The van der Waals surface area contributed by atoms with Gasteiger partial charge < -0.3 is 19.8 Å². The van der Waals surface area contributed by atoms with Crippen LogP contribution in [0.25, 0.3) is 11.0 Å². The molecule has 0 spiro atoms. The van der Waals surface area contributed by atoms with Crippen LogP contribution in [0.1, 0.15) is 38.6 Å². The smallest absolute Gasteiger partial charge is 0.240 e. The Balaban J connectivity index is 1.36. The first-order chi connectivity index (χ1) is 15.8. The molecule has 0 fully saturated rings. The van der Waals surface area contributed by atoms with Crippen molar-refractivity contribution in [2.45, 2.75) is 37.6 Å². The van der Waals surface area contributed by atoms with E-state index < -0.39 is 10.0 Å². The Morgan fingerprint density at radius 2 is 1.88 bits per heavy atom. The summed E-state index contributed by atoms with van der Waals surface area (Å²) in [7, 11) is -3.80. The molecular formula is C23H28N4O5S. The standard InChI is InChI=1S/C23H28N4O5S/c1-15(2)22(23-25-17-6-3-4-7-18(17)26-23)27-21(28)10-11-24-33(29,30)16-8-9-19-20(14-16)32-13-5-12-31-19/h3-4,6-9,14-15,22,24H,5,10-13H2,1-2H3,(H,25,26)(H,27,28). The van der Waals surface area contributed by atoms with Gasteiger partial charge in [0, 0.05) is 25.5 Å². The summed E-state index contributed by atoms with van der Waals surface area (Å²) in [5, 5.41) is 2.96. The number of para-hydroxylation sites is 2. The van der Waals surface area contributed by atoms with E-state index in [-0.39, 0.29) is 35.7 Å². The predicted octanol–water partition coefficient (Wildman–Crippen LogP) is 2.91. The largest absolute Gasteiger partial charge is 0.490 e. The molecule has 2 heterocycles. The number of hydrogen-bond donors (Lipinski definition) is 3. The molecule has 0 saturated heterocycles. The number of carbonyl (C=O) groups is 1. The first-order valence-corrected chi connectivity index (χ1v) is 12.4. The number of rotatable bonds is 8. The summed E-state index contributed by atoms with van der Waals surface area (Å²) in [6, 6.07) is 11.8. The number of carbonyl (C=O) groups excluding carboxylic acids is 1. The Labute approximate surface area is 192 Å². The Morgan fingerprint density at radius 3 is 2.64 bits per heavy atom. The minimum absolute atomic E-state index is 0.00672. The maximum Gasteiger partial charge on any atom is 0.240 e. The van der Waals surface area contributed by atoms with Gasteiger partial charge in [-0.1, -0.05) is 26.0 Å². The third kappa shape index (κ3) is 5.45. The van der Waals surface area contributed by atoms with Crippen LogP contribution in [0.3, 0.4) is 0 Å². The summed E-state index contributed by atoms with van der Waals surface area (Å²) in [6.07, 6.45) is 0.725. The van der Waals surface area contributed by atoms with Crippen LogP contribution in [-0.4, -0.2) is 44.1 Å². The molecule has 1 amide bonds. The Bertz CT molecular complexity index is 1210. The highest BCUT2D eigenvalue weighted by Gasteiger charge is 2.23. The van der Waals surface area contributed by atoms with Crippen molar-refractivity contribution in [2.75, 3.05) is 19.8 Å². The number of hydrogen-bond acceptors (Lipinski definition) is 6. The van der Waals surface area contributed by atoms with Gasteiger partial charge in [0.1, 0.15) is 5.82 Å². The maximum absolute atomic E-state index is 12.7. The Kier molecular flexibility index (Phi) is 6.85. The molecule has 176 valence electrons. The summed E-state index contributed by atoms with van der Waals surface area (Å²) in [5.74, 6) is 1.42. The van der Waals surface area contributed by atoms with Crippen LogP contribution in [0.15, 0.2) is 47.4 Å². The predicted molar refractivity (Wildman–Crippen MR) is 124 cm³/mol. The van der Waals surface area contributed by atoms with E-state index in [1.54, 1.807) is 6.07 Å². The summed E-state index contributed by atoms with van der Waals surface area (Å²) in [6.45, 7) is 4.94. The zero-order valence-corrected chi connectivity index (χ0v) is 19.4. The van der Waals surface area contributed by atoms with Crippen LogP contribution in [0.4, 0.5) is 0 Å². The van der Waals surface area contributed by atoms with E-state index in [0.29, 0.717) is 30.5 Å². The number of ether oxygens (including phenoxy) is 2. The zero-order valence-electron chi connectivity index (χ0n) is 18.6. The molecule has 2 aromatic carbocycles. The van der Waals surface area contributed by atoms with Crippen LogP contribution >= 0.6 is 0 Å². The van der Waals surface area contributed by atoms with E-state index in [4.69, 9.17) is 9.47 Å². The number of H-pyrrole nitrogens is 1. The minimum Gasteiger partial charge on any atom is -0.490 e. The summed E-state index contributed by atoms with van der Waals surface area (Å²) < 4.78 is 39.0. The number of sulfonamides is 1. The van der Waals surface area contributed by atoms with Crippen LogP contribution in [0.5, 0.6) is 11.5 Å². The SMILES string of the molecule is CC(C)C(NC(=O)CCNS(=O)(=O)c1ccc2c(c1)OCCCO2)c1nc2ccccc2[nH]1. The van der Waals surface area contributed by atoms with Gasteiger partial charge in [-0.05, 0) is 30.2 Å². The summed E-state index contributed by atoms with van der Waals surface area (Å²) in [5.41, 5.74) is 1.73. The van der Waals surface area contributed by atoms with Gasteiger partial charge in [-0.2, -0.15) is 0 Å². The van der Waals surface area contributed by atoms with Crippen molar-refractivity contribution in [3.63, 3.8) is 0 Å². The number of fused-ring (bicyclic) bond motifs is 2. The Morgan fingerprint density at radius 1 is 1.12 bits per heavy atom. The highest BCUT2D eigenvalue weighted by atomic mass is 32.2. The second-order valence-corrected chi connectivity index (χ2v) is 10.0.